The van der Waals surface area contributed by atoms with Crippen molar-refractivity contribution in [2.45, 2.75) is 6.92 Å². The molecule has 2 rings (SSSR count). The molecule has 0 aromatic heterocycles. The summed E-state index contributed by atoms with van der Waals surface area (Å²) in [4.78, 5) is 23.3. The van der Waals surface area contributed by atoms with E-state index in [2.05, 4.69) is 10.1 Å². The number of carbonyl (C=O) groups excluding carboxylic acids is 2. The van der Waals surface area contributed by atoms with E-state index in [1.54, 1.807) is 19.1 Å². The largest absolute Gasteiger partial charge is 0.465 e. The Balaban J connectivity index is 2.13. The molecule has 0 spiro atoms. The van der Waals surface area contributed by atoms with E-state index in [4.69, 9.17) is 0 Å². The van der Waals surface area contributed by atoms with Crippen LogP contribution in [0.3, 0.4) is 0 Å². The maximum Gasteiger partial charge on any atom is 0.337 e. The molecule has 1 amide bonds. The molecule has 0 atom stereocenters. The molecule has 0 aliphatic heterocycles. The lowest BCUT2D eigenvalue weighted by Crippen LogP contribution is -2.10. The van der Waals surface area contributed by atoms with E-state index in [9.17, 15) is 18.4 Å². The molecule has 1 N–H and O–H groups in total. The molecule has 124 valence electrons. The lowest BCUT2D eigenvalue weighted by Gasteiger charge is -2.08. The number of nitrogens with one attached hydrogen (secondary N) is 1. The molecule has 24 heavy (non-hydrogen) atoms. The van der Waals surface area contributed by atoms with Gasteiger partial charge in [0.15, 0.2) is 0 Å². The molecule has 2 aromatic carbocycles. The Labute approximate surface area is 137 Å². The highest BCUT2D eigenvalue weighted by Crippen LogP contribution is 2.18. The van der Waals surface area contributed by atoms with Crippen LogP contribution in [-0.2, 0) is 9.53 Å². The molecule has 0 bridgehead atoms. The molecule has 0 heterocycles. The van der Waals surface area contributed by atoms with Crippen LogP contribution in [0.5, 0.6) is 0 Å². The Bertz CT molecular complexity index is 796. The summed E-state index contributed by atoms with van der Waals surface area (Å²) < 4.78 is 31.6. The van der Waals surface area contributed by atoms with Gasteiger partial charge in [-0.05, 0) is 48.9 Å². The number of halogens is 2. The summed E-state index contributed by atoms with van der Waals surface area (Å²) >= 11 is 0. The van der Waals surface area contributed by atoms with Crippen LogP contribution >= 0.6 is 0 Å². The van der Waals surface area contributed by atoms with Gasteiger partial charge in [0, 0.05) is 17.3 Å². The van der Waals surface area contributed by atoms with Gasteiger partial charge in [0.25, 0.3) is 0 Å². The van der Waals surface area contributed by atoms with Crippen molar-refractivity contribution in [1.29, 1.82) is 0 Å². The van der Waals surface area contributed by atoms with Crippen molar-refractivity contribution in [3.8, 4) is 0 Å². The van der Waals surface area contributed by atoms with Crippen molar-refractivity contribution in [2.24, 2.45) is 0 Å². The third kappa shape index (κ3) is 4.04. The van der Waals surface area contributed by atoms with Crippen LogP contribution in [-0.4, -0.2) is 19.0 Å². The lowest BCUT2D eigenvalue weighted by atomic mass is 10.1. The SMILES string of the molecule is COC(=O)c1ccc(NC(=O)C=Cc2c(F)cccc2F)c(C)c1. The van der Waals surface area contributed by atoms with Crippen molar-refractivity contribution in [3.63, 3.8) is 0 Å². The topological polar surface area (TPSA) is 55.4 Å². The van der Waals surface area contributed by atoms with E-state index in [-0.39, 0.29) is 5.56 Å². The Morgan fingerprint density at radius 2 is 1.79 bits per heavy atom. The summed E-state index contributed by atoms with van der Waals surface area (Å²) in [6.07, 6.45) is 2.10. The normalized spacial score (nSPS) is 10.7. The van der Waals surface area contributed by atoms with Gasteiger partial charge in [-0.3, -0.25) is 4.79 Å². The molecule has 6 heteroatoms. The average Bonchev–Trinajstić information content (AvgIpc) is 2.55. The molecule has 0 saturated carbocycles. The third-order valence-electron chi connectivity index (χ3n) is 3.31. The number of aryl methyl sites for hydroxylation is 1. The van der Waals surface area contributed by atoms with Crippen molar-refractivity contribution < 1.29 is 23.1 Å². The number of benzene rings is 2. The van der Waals surface area contributed by atoms with E-state index in [1.807, 2.05) is 0 Å². The van der Waals surface area contributed by atoms with Crippen LogP contribution in [0.15, 0.2) is 42.5 Å². The number of methoxy groups -OCH3 is 1. The molecule has 0 saturated heterocycles. The fourth-order valence-corrected chi connectivity index (χ4v) is 2.05. The Morgan fingerprint density at radius 3 is 2.38 bits per heavy atom. The van der Waals surface area contributed by atoms with Crippen LogP contribution in [0, 0.1) is 18.6 Å². The number of rotatable bonds is 4. The molecular weight excluding hydrogens is 316 g/mol. The Kier molecular flexibility index (Phi) is 5.42. The number of amides is 1. The number of esters is 1. The van der Waals surface area contributed by atoms with E-state index >= 15 is 0 Å². The molecule has 4 nitrogen and oxygen atoms in total. The van der Waals surface area contributed by atoms with Gasteiger partial charge in [0.2, 0.25) is 5.91 Å². The van der Waals surface area contributed by atoms with Gasteiger partial charge in [-0.25, -0.2) is 13.6 Å². The second kappa shape index (κ2) is 7.50. The smallest absolute Gasteiger partial charge is 0.337 e. The van der Waals surface area contributed by atoms with Gasteiger partial charge in [-0.1, -0.05) is 6.07 Å². The monoisotopic (exact) mass is 331 g/mol. The van der Waals surface area contributed by atoms with E-state index in [0.29, 0.717) is 16.8 Å². The fourth-order valence-electron chi connectivity index (χ4n) is 2.05. The van der Waals surface area contributed by atoms with Gasteiger partial charge in [-0.2, -0.15) is 0 Å². The summed E-state index contributed by atoms with van der Waals surface area (Å²) in [5.41, 5.74) is 1.20. The van der Waals surface area contributed by atoms with Crippen molar-refractivity contribution in [2.75, 3.05) is 12.4 Å². The highest BCUT2D eigenvalue weighted by molar-refractivity contribution is 6.02. The summed E-state index contributed by atoms with van der Waals surface area (Å²) in [5.74, 6) is -2.53. The maximum absolute atomic E-state index is 13.5. The van der Waals surface area contributed by atoms with Gasteiger partial charge in [-0.15, -0.1) is 0 Å². The third-order valence-corrected chi connectivity index (χ3v) is 3.31. The van der Waals surface area contributed by atoms with Gasteiger partial charge in [0.1, 0.15) is 11.6 Å². The molecular formula is C18H15F2NO3. The van der Waals surface area contributed by atoms with Crippen LogP contribution in [0.2, 0.25) is 0 Å². The fraction of sp³-hybridized carbons (Fsp3) is 0.111. The molecule has 0 unspecified atom stereocenters. The lowest BCUT2D eigenvalue weighted by molar-refractivity contribution is -0.111. The van der Waals surface area contributed by atoms with E-state index in [0.717, 1.165) is 24.3 Å². The van der Waals surface area contributed by atoms with Gasteiger partial charge in [0.05, 0.1) is 12.7 Å². The number of anilines is 1. The zero-order valence-electron chi connectivity index (χ0n) is 13.1. The number of hydrogen-bond donors (Lipinski definition) is 1. The van der Waals surface area contributed by atoms with Crippen molar-refractivity contribution in [3.05, 3.63) is 70.8 Å². The Hall–Kier alpha value is -3.02. The first-order chi connectivity index (χ1) is 11.4. The summed E-state index contributed by atoms with van der Waals surface area (Å²) in [6, 6.07) is 8.09. The molecule has 0 radical (unpaired) electrons. The van der Waals surface area contributed by atoms with E-state index < -0.39 is 23.5 Å². The molecule has 0 aliphatic carbocycles. The minimum Gasteiger partial charge on any atom is -0.465 e. The van der Waals surface area contributed by atoms with Crippen molar-refractivity contribution in [1.82, 2.24) is 0 Å². The average molecular weight is 331 g/mol. The quantitative estimate of drug-likeness (QED) is 0.686. The number of ether oxygens (including phenoxy) is 1. The highest BCUT2D eigenvalue weighted by Gasteiger charge is 2.09. The number of hydrogen-bond acceptors (Lipinski definition) is 3. The minimum absolute atomic E-state index is 0.287. The summed E-state index contributed by atoms with van der Waals surface area (Å²) in [6.45, 7) is 1.71. The molecule has 2 aromatic rings. The maximum atomic E-state index is 13.5. The van der Waals surface area contributed by atoms with Crippen LogP contribution in [0.4, 0.5) is 14.5 Å². The number of carbonyl (C=O) groups is 2. The van der Waals surface area contributed by atoms with Gasteiger partial charge >= 0.3 is 5.97 Å². The first-order valence-corrected chi connectivity index (χ1v) is 7.04. The molecule has 0 aliphatic rings. The van der Waals surface area contributed by atoms with Gasteiger partial charge < -0.3 is 10.1 Å². The zero-order chi connectivity index (χ0) is 17.7. The molecule has 0 fully saturated rings. The second-order valence-corrected chi connectivity index (χ2v) is 4.98. The van der Waals surface area contributed by atoms with Crippen molar-refractivity contribution >= 4 is 23.6 Å². The second-order valence-electron chi connectivity index (χ2n) is 4.98. The highest BCUT2D eigenvalue weighted by atomic mass is 19.1. The predicted octanol–water partition coefficient (Wildman–Crippen LogP) is 3.71. The van der Waals surface area contributed by atoms with Crippen LogP contribution in [0.25, 0.3) is 6.08 Å². The van der Waals surface area contributed by atoms with Crippen LogP contribution in [0.1, 0.15) is 21.5 Å². The van der Waals surface area contributed by atoms with E-state index in [1.165, 1.54) is 19.2 Å². The Morgan fingerprint density at radius 1 is 1.12 bits per heavy atom. The van der Waals surface area contributed by atoms with Crippen LogP contribution < -0.4 is 5.32 Å². The first-order valence-electron chi connectivity index (χ1n) is 7.04. The minimum atomic E-state index is -0.752. The summed E-state index contributed by atoms with van der Waals surface area (Å²) in [7, 11) is 1.28. The summed E-state index contributed by atoms with van der Waals surface area (Å²) in [5, 5.41) is 2.58. The predicted molar refractivity (Wildman–Crippen MR) is 86.5 cm³/mol. The standard InChI is InChI=1S/C18H15F2NO3/c1-11-10-12(18(23)24-2)6-8-16(11)21-17(22)9-7-13-14(19)4-3-5-15(13)20/h3-10H,1-2H3,(H,21,22). The zero-order valence-corrected chi connectivity index (χ0v) is 13.1. The first kappa shape index (κ1) is 17.3.